The van der Waals surface area contributed by atoms with E-state index >= 15 is 0 Å². The highest BCUT2D eigenvalue weighted by atomic mass is 35.5. The average Bonchev–Trinajstić information content (AvgIpc) is 2.55. The summed E-state index contributed by atoms with van der Waals surface area (Å²) in [5.74, 6) is 1.53. The Bertz CT molecular complexity index is 758. The van der Waals surface area contributed by atoms with Gasteiger partial charge in [0, 0.05) is 18.1 Å². The van der Waals surface area contributed by atoms with Crippen molar-refractivity contribution in [3.8, 4) is 17.0 Å². The lowest BCUT2D eigenvalue weighted by Gasteiger charge is -2.07. The van der Waals surface area contributed by atoms with E-state index in [0.717, 1.165) is 22.6 Å². The fourth-order valence-corrected chi connectivity index (χ4v) is 2.43. The number of nitrogens with zero attached hydrogens (tertiary/aromatic N) is 2. The molecule has 3 rings (SSSR count). The van der Waals surface area contributed by atoms with Gasteiger partial charge in [0.25, 0.3) is 0 Å². The zero-order valence-electron chi connectivity index (χ0n) is 12.2. The molecule has 0 amide bonds. The number of rotatable bonds is 4. The van der Waals surface area contributed by atoms with Crippen LogP contribution < -0.4 is 4.74 Å². The number of methoxy groups -OCH3 is 1. The molecule has 1 heterocycles. The van der Waals surface area contributed by atoms with Crippen LogP contribution in [0, 0.1) is 0 Å². The van der Waals surface area contributed by atoms with Crippen molar-refractivity contribution in [2.75, 3.05) is 7.11 Å². The molecule has 0 bridgehead atoms. The van der Waals surface area contributed by atoms with E-state index < -0.39 is 0 Å². The SMILES string of the molecule is COc1ccc(-c2cc(Cl)nc(Cc3ccccc3)n2)cc1. The van der Waals surface area contributed by atoms with Crippen LogP contribution in [-0.4, -0.2) is 17.1 Å². The van der Waals surface area contributed by atoms with Gasteiger partial charge in [-0.25, -0.2) is 9.97 Å². The first-order valence-electron chi connectivity index (χ1n) is 6.96. The van der Waals surface area contributed by atoms with Gasteiger partial charge in [-0.3, -0.25) is 0 Å². The number of aromatic nitrogens is 2. The van der Waals surface area contributed by atoms with Gasteiger partial charge in [-0.15, -0.1) is 0 Å². The summed E-state index contributed by atoms with van der Waals surface area (Å²) in [6.45, 7) is 0. The van der Waals surface area contributed by atoms with E-state index in [2.05, 4.69) is 22.1 Å². The first kappa shape index (κ1) is 14.5. The minimum absolute atomic E-state index is 0.451. The fourth-order valence-electron chi connectivity index (χ4n) is 2.23. The molecule has 0 unspecified atom stereocenters. The largest absolute Gasteiger partial charge is 0.497 e. The summed E-state index contributed by atoms with van der Waals surface area (Å²) in [6.07, 6.45) is 0.657. The highest BCUT2D eigenvalue weighted by Gasteiger charge is 2.07. The molecule has 0 aliphatic rings. The van der Waals surface area contributed by atoms with Crippen molar-refractivity contribution in [1.29, 1.82) is 0 Å². The van der Waals surface area contributed by atoms with Crippen molar-refractivity contribution in [3.63, 3.8) is 0 Å². The number of halogens is 1. The van der Waals surface area contributed by atoms with E-state index in [9.17, 15) is 0 Å². The summed E-state index contributed by atoms with van der Waals surface area (Å²) < 4.78 is 5.17. The van der Waals surface area contributed by atoms with Gasteiger partial charge >= 0.3 is 0 Å². The van der Waals surface area contributed by atoms with Gasteiger partial charge in [-0.1, -0.05) is 41.9 Å². The predicted molar refractivity (Wildman–Crippen MR) is 88.3 cm³/mol. The zero-order valence-corrected chi connectivity index (χ0v) is 12.9. The third-order valence-corrected chi connectivity index (χ3v) is 3.53. The maximum absolute atomic E-state index is 6.15. The molecule has 0 saturated carbocycles. The van der Waals surface area contributed by atoms with Gasteiger partial charge in [-0.05, 0) is 29.8 Å². The molecule has 0 spiro atoms. The third kappa shape index (κ3) is 3.43. The molecule has 0 saturated heterocycles. The van der Waals surface area contributed by atoms with E-state index in [4.69, 9.17) is 16.3 Å². The molecule has 2 aromatic carbocycles. The average molecular weight is 311 g/mol. The van der Waals surface area contributed by atoms with Gasteiger partial charge in [0.05, 0.1) is 12.8 Å². The minimum atomic E-state index is 0.451. The van der Waals surface area contributed by atoms with Gasteiger partial charge in [0.1, 0.15) is 16.7 Å². The van der Waals surface area contributed by atoms with Crippen molar-refractivity contribution in [2.45, 2.75) is 6.42 Å². The molecule has 0 radical (unpaired) electrons. The van der Waals surface area contributed by atoms with Crippen molar-refractivity contribution in [1.82, 2.24) is 9.97 Å². The van der Waals surface area contributed by atoms with Crippen molar-refractivity contribution >= 4 is 11.6 Å². The molecule has 4 heteroatoms. The Morgan fingerprint density at radius 2 is 1.68 bits per heavy atom. The summed E-state index contributed by atoms with van der Waals surface area (Å²) in [4.78, 5) is 8.94. The van der Waals surface area contributed by atoms with Gasteiger partial charge < -0.3 is 4.74 Å². The summed E-state index contributed by atoms with van der Waals surface area (Å²) in [5, 5.41) is 0.451. The number of hydrogen-bond acceptors (Lipinski definition) is 3. The maximum Gasteiger partial charge on any atom is 0.135 e. The second-order valence-electron chi connectivity index (χ2n) is 4.88. The minimum Gasteiger partial charge on any atom is -0.497 e. The molecule has 0 aliphatic carbocycles. The van der Waals surface area contributed by atoms with Crippen molar-refractivity contribution < 1.29 is 4.74 Å². The highest BCUT2D eigenvalue weighted by molar-refractivity contribution is 6.29. The highest BCUT2D eigenvalue weighted by Crippen LogP contribution is 2.23. The Hall–Kier alpha value is -2.39. The molecule has 0 fully saturated rings. The maximum atomic E-state index is 6.15. The lowest BCUT2D eigenvalue weighted by atomic mass is 10.1. The first-order chi connectivity index (χ1) is 10.7. The van der Waals surface area contributed by atoms with Crippen LogP contribution in [0.4, 0.5) is 0 Å². The van der Waals surface area contributed by atoms with Crippen LogP contribution in [0.3, 0.4) is 0 Å². The lowest BCUT2D eigenvalue weighted by molar-refractivity contribution is 0.415. The number of benzene rings is 2. The van der Waals surface area contributed by atoms with Crippen molar-refractivity contribution in [3.05, 3.63) is 77.2 Å². The zero-order chi connectivity index (χ0) is 15.4. The molecular formula is C18H15ClN2O. The summed E-state index contributed by atoms with van der Waals surface area (Å²) >= 11 is 6.15. The smallest absolute Gasteiger partial charge is 0.135 e. The predicted octanol–water partition coefficient (Wildman–Crippen LogP) is 4.40. The van der Waals surface area contributed by atoms with Crippen LogP contribution in [-0.2, 0) is 6.42 Å². The summed E-state index contributed by atoms with van der Waals surface area (Å²) in [5.41, 5.74) is 2.96. The monoisotopic (exact) mass is 310 g/mol. The topological polar surface area (TPSA) is 35.0 Å². The molecule has 0 aliphatic heterocycles. The first-order valence-corrected chi connectivity index (χ1v) is 7.34. The van der Waals surface area contributed by atoms with Gasteiger partial charge in [0.15, 0.2) is 0 Å². The second kappa shape index (κ2) is 6.58. The lowest BCUT2D eigenvalue weighted by Crippen LogP contribution is -1.99. The van der Waals surface area contributed by atoms with Crippen LogP contribution in [0.15, 0.2) is 60.7 Å². The molecule has 110 valence electrons. The van der Waals surface area contributed by atoms with Crippen LogP contribution in [0.2, 0.25) is 5.15 Å². The fraction of sp³-hybridized carbons (Fsp3) is 0.111. The standard InChI is InChI=1S/C18H15ClN2O/c1-22-15-9-7-14(8-10-15)16-12-17(19)21-18(20-16)11-13-5-3-2-4-6-13/h2-10,12H,11H2,1H3. The molecule has 3 aromatic rings. The Labute approximate surface area is 134 Å². The van der Waals surface area contributed by atoms with Gasteiger partial charge in [0.2, 0.25) is 0 Å². The van der Waals surface area contributed by atoms with Crippen molar-refractivity contribution in [2.24, 2.45) is 0 Å². The van der Waals surface area contributed by atoms with Crippen LogP contribution in [0.1, 0.15) is 11.4 Å². The Morgan fingerprint density at radius 1 is 0.955 bits per heavy atom. The Morgan fingerprint density at radius 3 is 2.36 bits per heavy atom. The molecule has 22 heavy (non-hydrogen) atoms. The van der Waals surface area contributed by atoms with Gasteiger partial charge in [-0.2, -0.15) is 0 Å². The molecule has 1 aromatic heterocycles. The number of hydrogen-bond donors (Lipinski definition) is 0. The number of ether oxygens (including phenoxy) is 1. The summed E-state index contributed by atoms with van der Waals surface area (Å²) in [7, 11) is 1.65. The van der Waals surface area contributed by atoms with E-state index in [-0.39, 0.29) is 0 Å². The third-order valence-electron chi connectivity index (χ3n) is 3.33. The van der Waals surface area contributed by atoms with Crippen LogP contribution in [0.5, 0.6) is 5.75 Å². The molecule has 0 atom stereocenters. The molecule has 0 N–H and O–H groups in total. The Kier molecular flexibility index (Phi) is 4.35. The summed E-state index contributed by atoms with van der Waals surface area (Å²) in [6, 6.07) is 19.6. The van der Waals surface area contributed by atoms with Crippen LogP contribution in [0.25, 0.3) is 11.3 Å². The quantitative estimate of drug-likeness (QED) is 0.670. The Balaban J connectivity index is 1.92. The van der Waals surface area contributed by atoms with Crippen LogP contribution >= 0.6 is 11.6 Å². The normalized spacial score (nSPS) is 10.5. The van der Waals surface area contributed by atoms with E-state index in [0.29, 0.717) is 17.4 Å². The van der Waals surface area contributed by atoms with E-state index in [1.807, 2.05) is 42.5 Å². The molecule has 3 nitrogen and oxygen atoms in total. The van der Waals surface area contributed by atoms with E-state index in [1.165, 1.54) is 0 Å². The molecular weight excluding hydrogens is 296 g/mol. The second-order valence-corrected chi connectivity index (χ2v) is 5.27. The van der Waals surface area contributed by atoms with E-state index in [1.54, 1.807) is 13.2 Å².